The van der Waals surface area contributed by atoms with Crippen molar-refractivity contribution >= 4 is 0 Å². The van der Waals surface area contributed by atoms with Gasteiger partial charge in [0.25, 0.3) is 0 Å². The lowest BCUT2D eigenvalue weighted by molar-refractivity contribution is -0.0681. The zero-order valence-corrected chi connectivity index (χ0v) is 15.1. The molecule has 0 aromatic carbocycles. The summed E-state index contributed by atoms with van der Waals surface area (Å²) in [4.78, 5) is 2.59. The van der Waals surface area contributed by atoms with Crippen molar-refractivity contribution in [2.75, 3.05) is 19.6 Å². The highest BCUT2D eigenvalue weighted by Gasteiger charge is 2.21. The molecule has 126 valence electrons. The molecule has 0 amide bonds. The van der Waals surface area contributed by atoms with Gasteiger partial charge in [0.1, 0.15) is 0 Å². The third kappa shape index (κ3) is 10.3. The van der Waals surface area contributed by atoms with Crippen molar-refractivity contribution in [1.82, 2.24) is 4.90 Å². The van der Waals surface area contributed by atoms with Crippen molar-refractivity contribution in [3.05, 3.63) is 0 Å². The van der Waals surface area contributed by atoms with E-state index in [1.807, 2.05) is 0 Å². The van der Waals surface area contributed by atoms with Gasteiger partial charge >= 0.3 is 0 Å². The molecular formula is C19H39NO. The number of rotatable bonds is 11. The van der Waals surface area contributed by atoms with E-state index in [1.165, 1.54) is 64.3 Å². The van der Waals surface area contributed by atoms with Gasteiger partial charge in [0.05, 0.1) is 12.2 Å². The Hall–Kier alpha value is -0.0800. The van der Waals surface area contributed by atoms with Gasteiger partial charge in [-0.3, -0.25) is 4.90 Å². The highest BCUT2D eigenvalue weighted by molar-refractivity contribution is 4.72. The van der Waals surface area contributed by atoms with E-state index in [0.29, 0.717) is 12.2 Å². The average molecular weight is 298 g/mol. The summed E-state index contributed by atoms with van der Waals surface area (Å²) in [6.45, 7) is 12.6. The van der Waals surface area contributed by atoms with Gasteiger partial charge in [0, 0.05) is 13.1 Å². The van der Waals surface area contributed by atoms with Crippen LogP contribution in [0.15, 0.2) is 0 Å². The van der Waals surface area contributed by atoms with Gasteiger partial charge in [-0.05, 0) is 32.7 Å². The van der Waals surface area contributed by atoms with E-state index in [0.717, 1.165) is 19.0 Å². The van der Waals surface area contributed by atoms with Crippen LogP contribution in [0.5, 0.6) is 0 Å². The van der Waals surface area contributed by atoms with Gasteiger partial charge in [-0.15, -0.1) is 0 Å². The lowest BCUT2D eigenvalue weighted by atomic mass is 10.0. The molecule has 1 saturated heterocycles. The Kier molecular flexibility index (Phi) is 10.4. The van der Waals surface area contributed by atoms with Gasteiger partial charge in [0.15, 0.2) is 0 Å². The predicted molar refractivity (Wildman–Crippen MR) is 92.8 cm³/mol. The summed E-state index contributed by atoms with van der Waals surface area (Å²) in [6.07, 6.45) is 13.7. The smallest absolute Gasteiger partial charge is 0.0678 e. The second-order valence-electron chi connectivity index (χ2n) is 7.53. The number of hydrogen-bond acceptors (Lipinski definition) is 2. The van der Waals surface area contributed by atoms with Crippen LogP contribution in [-0.4, -0.2) is 36.7 Å². The average Bonchev–Trinajstić information content (AvgIpc) is 2.39. The Labute approximate surface area is 133 Å². The quantitative estimate of drug-likeness (QED) is 0.482. The van der Waals surface area contributed by atoms with E-state index >= 15 is 0 Å². The molecule has 0 aromatic rings. The minimum atomic E-state index is 0.416. The van der Waals surface area contributed by atoms with E-state index in [1.54, 1.807) is 0 Å². The summed E-state index contributed by atoms with van der Waals surface area (Å²) >= 11 is 0. The molecule has 1 aliphatic heterocycles. The molecular weight excluding hydrogens is 258 g/mol. The summed E-state index contributed by atoms with van der Waals surface area (Å²) in [5.74, 6) is 0.885. The molecule has 0 bridgehead atoms. The molecule has 0 aliphatic carbocycles. The monoisotopic (exact) mass is 297 g/mol. The molecule has 1 heterocycles. The zero-order chi connectivity index (χ0) is 15.5. The fourth-order valence-electron chi connectivity index (χ4n) is 3.42. The summed E-state index contributed by atoms with van der Waals surface area (Å²) in [5, 5.41) is 0. The molecule has 2 nitrogen and oxygen atoms in total. The first-order valence-electron chi connectivity index (χ1n) is 9.45. The Bertz CT molecular complexity index is 232. The molecule has 1 rings (SSSR count). The van der Waals surface area contributed by atoms with Crippen molar-refractivity contribution in [3.63, 3.8) is 0 Å². The van der Waals surface area contributed by atoms with Crippen molar-refractivity contribution in [1.29, 1.82) is 0 Å². The zero-order valence-electron chi connectivity index (χ0n) is 15.1. The number of hydrogen-bond donors (Lipinski definition) is 0. The van der Waals surface area contributed by atoms with Crippen LogP contribution >= 0.6 is 0 Å². The number of nitrogens with zero attached hydrogens (tertiary/aromatic N) is 1. The van der Waals surface area contributed by atoms with E-state index < -0.39 is 0 Å². The Morgan fingerprint density at radius 2 is 1.29 bits per heavy atom. The Morgan fingerprint density at radius 3 is 1.81 bits per heavy atom. The largest absolute Gasteiger partial charge is 0.373 e. The van der Waals surface area contributed by atoms with Gasteiger partial charge < -0.3 is 4.74 Å². The highest BCUT2D eigenvalue weighted by Crippen LogP contribution is 2.14. The van der Waals surface area contributed by atoms with E-state index in [4.69, 9.17) is 4.74 Å². The first-order chi connectivity index (χ1) is 10.1. The number of ether oxygens (including phenoxy) is 1. The van der Waals surface area contributed by atoms with E-state index in [-0.39, 0.29) is 0 Å². The maximum atomic E-state index is 5.78. The molecule has 21 heavy (non-hydrogen) atoms. The standard InChI is InChI=1S/C19H39NO/c1-17(2)13-11-9-7-5-6-8-10-12-14-20-15-18(3)21-19(4)16-20/h17-19H,5-16H2,1-4H3/t18-,19+. The molecule has 1 fully saturated rings. The fourth-order valence-corrected chi connectivity index (χ4v) is 3.42. The first kappa shape index (κ1) is 19.0. The lowest BCUT2D eigenvalue weighted by Gasteiger charge is -2.35. The molecule has 0 spiro atoms. The van der Waals surface area contributed by atoms with Crippen LogP contribution in [0.2, 0.25) is 0 Å². The topological polar surface area (TPSA) is 12.5 Å². The minimum absolute atomic E-state index is 0.416. The molecule has 0 radical (unpaired) electrons. The Morgan fingerprint density at radius 1 is 0.810 bits per heavy atom. The molecule has 0 aromatic heterocycles. The summed E-state index contributed by atoms with van der Waals surface area (Å²) in [6, 6.07) is 0. The molecule has 0 saturated carbocycles. The van der Waals surface area contributed by atoms with Crippen LogP contribution in [0.4, 0.5) is 0 Å². The van der Waals surface area contributed by atoms with Crippen molar-refractivity contribution in [2.45, 2.75) is 97.7 Å². The first-order valence-corrected chi connectivity index (χ1v) is 9.45. The highest BCUT2D eigenvalue weighted by atomic mass is 16.5. The molecule has 1 aliphatic rings. The van der Waals surface area contributed by atoms with Crippen molar-refractivity contribution in [2.24, 2.45) is 5.92 Å². The predicted octanol–water partition coefficient (Wildman–Crippen LogP) is 5.26. The molecule has 2 heteroatoms. The number of morpholine rings is 1. The van der Waals surface area contributed by atoms with E-state index in [9.17, 15) is 0 Å². The van der Waals surface area contributed by atoms with E-state index in [2.05, 4.69) is 32.6 Å². The fraction of sp³-hybridized carbons (Fsp3) is 1.00. The summed E-state index contributed by atoms with van der Waals surface area (Å²) < 4.78 is 5.78. The van der Waals surface area contributed by atoms with Gasteiger partial charge in [-0.25, -0.2) is 0 Å². The van der Waals surface area contributed by atoms with Crippen LogP contribution in [0.1, 0.15) is 85.5 Å². The van der Waals surface area contributed by atoms with Crippen molar-refractivity contribution < 1.29 is 4.74 Å². The van der Waals surface area contributed by atoms with Crippen LogP contribution in [0.25, 0.3) is 0 Å². The SMILES string of the molecule is CC(C)CCCCCCCCCCN1C[C@@H](C)O[C@@H](C)C1. The van der Waals surface area contributed by atoms with Crippen molar-refractivity contribution in [3.8, 4) is 0 Å². The second kappa shape index (κ2) is 11.5. The van der Waals surface area contributed by atoms with Gasteiger partial charge in [-0.1, -0.05) is 65.2 Å². The van der Waals surface area contributed by atoms with Crippen LogP contribution in [-0.2, 0) is 4.74 Å². The van der Waals surface area contributed by atoms with Gasteiger partial charge in [0.2, 0.25) is 0 Å². The van der Waals surface area contributed by atoms with Gasteiger partial charge in [-0.2, -0.15) is 0 Å². The second-order valence-corrected chi connectivity index (χ2v) is 7.53. The Balaban J connectivity index is 1.84. The summed E-state index contributed by atoms with van der Waals surface area (Å²) in [5.41, 5.74) is 0. The molecule has 0 unspecified atom stereocenters. The maximum Gasteiger partial charge on any atom is 0.0678 e. The van der Waals surface area contributed by atoms with Crippen LogP contribution in [0, 0.1) is 5.92 Å². The normalized spacial score (nSPS) is 23.9. The maximum absolute atomic E-state index is 5.78. The molecule has 2 atom stereocenters. The third-order valence-electron chi connectivity index (χ3n) is 4.50. The molecule has 0 N–H and O–H groups in total. The third-order valence-corrected chi connectivity index (χ3v) is 4.50. The minimum Gasteiger partial charge on any atom is -0.373 e. The summed E-state index contributed by atoms with van der Waals surface area (Å²) in [7, 11) is 0. The van der Waals surface area contributed by atoms with Crippen LogP contribution < -0.4 is 0 Å². The number of unbranched alkanes of at least 4 members (excludes halogenated alkanes) is 7. The lowest BCUT2D eigenvalue weighted by Crippen LogP contribution is -2.45. The van der Waals surface area contributed by atoms with Crippen LogP contribution in [0.3, 0.4) is 0 Å².